The second kappa shape index (κ2) is 8.12. The predicted octanol–water partition coefficient (Wildman–Crippen LogP) is 3.01. The molecule has 0 amide bonds. The third kappa shape index (κ3) is 3.20. The van der Waals surface area contributed by atoms with E-state index in [1.165, 1.54) is 5.57 Å². The Morgan fingerprint density at radius 2 is 1.92 bits per heavy atom. The highest BCUT2D eigenvalue weighted by Gasteiger charge is 2.68. The number of rotatable bonds is 2. The lowest BCUT2D eigenvalue weighted by Crippen LogP contribution is -2.68. The summed E-state index contributed by atoms with van der Waals surface area (Å²) >= 11 is 0. The summed E-state index contributed by atoms with van der Waals surface area (Å²) in [6, 6.07) is 0. The van der Waals surface area contributed by atoms with Gasteiger partial charge in [-0.05, 0) is 73.7 Å². The molecule has 5 fully saturated rings. The third-order valence-corrected chi connectivity index (χ3v) is 11.8. The van der Waals surface area contributed by atoms with Gasteiger partial charge in [0.1, 0.15) is 18.8 Å². The molecule has 3 aliphatic heterocycles. The Hall–Kier alpha value is -1.29. The largest absolute Gasteiger partial charge is 0.458 e. The number of hydrogen-bond donors (Lipinski definition) is 2. The molecule has 0 unspecified atom stereocenters. The Morgan fingerprint density at radius 1 is 1.08 bits per heavy atom. The van der Waals surface area contributed by atoms with Crippen molar-refractivity contribution in [1.82, 2.24) is 0 Å². The topological polar surface area (TPSA) is 104 Å². The lowest BCUT2D eigenvalue weighted by molar-refractivity contribution is -0.442. The number of carbonyl (C=O) groups excluding carboxylic acids is 1. The summed E-state index contributed by atoms with van der Waals surface area (Å²) in [5, 5.41) is 23.9. The average Bonchev–Trinajstić information content (AvgIpc) is 3.40. The lowest BCUT2D eigenvalue weighted by atomic mass is 9.45. The molecule has 8 heteroatoms. The van der Waals surface area contributed by atoms with Crippen molar-refractivity contribution in [1.29, 1.82) is 0 Å². The Labute approximate surface area is 218 Å². The van der Waals surface area contributed by atoms with Gasteiger partial charge in [0.2, 0.25) is 12.1 Å². The molecule has 11 atom stereocenters. The fraction of sp³-hybridized carbons (Fsp3) is 0.828. The average molecular weight is 517 g/mol. The number of allylic oxidation sites excluding steroid dienone is 1. The van der Waals surface area contributed by atoms with E-state index in [0.717, 1.165) is 50.5 Å². The summed E-state index contributed by atoms with van der Waals surface area (Å²) in [4.78, 5) is 11.8. The quantitative estimate of drug-likeness (QED) is 0.427. The van der Waals surface area contributed by atoms with Gasteiger partial charge in [-0.25, -0.2) is 4.79 Å². The molecule has 8 nitrogen and oxygen atoms in total. The number of esters is 1. The van der Waals surface area contributed by atoms with Crippen molar-refractivity contribution >= 4 is 5.97 Å². The van der Waals surface area contributed by atoms with E-state index in [9.17, 15) is 15.0 Å². The Bertz CT molecular complexity index is 1050. The maximum atomic E-state index is 12.5. The number of methoxy groups -OCH3 is 1. The number of aliphatic hydroxyl groups is 2. The van der Waals surface area contributed by atoms with Crippen LogP contribution in [0.3, 0.4) is 0 Å². The minimum absolute atomic E-state index is 0.143. The second-order valence-corrected chi connectivity index (χ2v) is 13.1. The Kier molecular flexibility index (Phi) is 5.42. The molecular weight excluding hydrogens is 476 g/mol. The maximum absolute atomic E-state index is 12.5. The fourth-order valence-corrected chi connectivity index (χ4v) is 9.81. The van der Waals surface area contributed by atoms with Crippen molar-refractivity contribution in [3.8, 4) is 0 Å². The first kappa shape index (κ1) is 24.7. The molecule has 7 aliphatic rings. The molecule has 3 saturated carbocycles. The molecule has 0 spiro atoms. The van der Waals surface area contributed by atoms with Crippen LogP contribution in [0.1, 0.15) is 65.2 Å². The standard InChI is InChI=1S/C29H40O8/c1-26-14-22-21(36-25-29(32,37-22)23(33-3)8-11-34-25)13-17(26)4-5-20-19(26)6-9-27(2)18(7-10-28(20,27)31)16-12-24(30)35-15-16/h12-13,18-23,25,31-32H,4-11,14-15H2,1-3H3/t18-,19+,20-,21+,22-,23-,25+,26+,27-,28+,29+/m1/s1. The zero-order chi connectivity index (χ0) is 25.8. The number of hydrogen-bond acceptors (Lipinski definition) is 8. The highest BCUT2D eigenvalue weighted by Crippen LogP contribution is 2.69. The predicted molar refractivity (Wildman–Crippen MR) is 131 cm³/mol. The highest BCUT2D eigenvalue weighted by atomic mass is 16.8. The molecule has 204 valence electrons. The highest BCUT2D eigenvalue weighted by molar-refractivity contribution is 5.85. The Balaban J connectivity index is 1.18. The molecule has 3 heterocycles. The molecule has 4 aliphatic carbocycles. The van der Waals surface area contributed by atoms with Crippen LogP contribution in [0.4, 0.5) is 0 Å². The van der Waals surface area contributed by atoms with Crippen molar-refractivity contribution in [2.24, 2.45) is 28.6 Å². The van der Waals surface area contributed by atoms with Gasteiger partial charge in [-0.3, -0.25) is 0 Å². The minimum Gasteiger partial charge on any atom is -0.458 e. The van der Waals surface area contributed by atoms with Crippen LogP contribution in [0.25, 0.3) is 0 Å². The van der Waals surface area contributed by atoms with Crippen LogP contribution in [0, 0.1) is 28.6 Å². The van der Waals surface area contributed by atoms with Gasteiger partial charge in [0.05, 0.1) is 18.3 Å². The third-order valence-electron chi connectivity index (χ3n) is 11.8. The van der Waals surface area contributed by atoms with E-state index in [4.69, 9.17) is 23.7 Å². The second-order valence-electron chi connectivity index (χ2n) is 13.1. The van der Waals surface area contributed by atoms with Crippen molar-refractivity contribution in [2.45, 2.75) is 101 Å². The molecule has 2 saturated heterocycles. The fourth-order valence-electron chi connectivity index (χ4n) is 9.81. The van der Waals surface area contributed by atoms with Crippen molar-refractivity contribution in [3.63, 3.8) is 0 Å². The van der Waals surface area contributed by atoms with Crippen LogP contribution in [0.5, 0.6) is 0 Å². The van der Waals surface area contributed by atoms with E-state index in [2.05, 4.69) is 19.9 Å². The van der Waals surface area contributed by atoms with E-state index in [0.29, 0.717) is 25.6 Å². The van der Waals surface area contributed by atoms with Crippen LogP contribution < -0.4 is 0 Å². The summed E-state index contributed by atoms with van der Waals surface area (Å²) in [6.45, 7) is 5.40. The zero-order valence-corrected chi connectivity index (χ0v) is 22.1. The SMILES string of the molecule is CO[C@@H]1CCO[C@H]2O[C@H]3C=C4CC[C@@H]5[C@H](CC[C@]6(C)[C@@H](C7=CC(=O)OC7)CC[C@]56O)[C@@]4(C)C[C@H]3O[C@]21O. The molecule has 0 bridgehead atoms. The molecule has 7 rings (SSSR count). The molecule has 37 heavy (non-hydrogen) atoms. The van der Waals surface area contributed by atoms with Gasteiger partial charge in [-0.1, -0.05) is 25.5 Å². The van der Waals surface area contributed by atoms with Gasteiger partial charge in [0.15, 0.2) is 0 Å². The number of cyclic esters (lactones) is 1. The molecular formula is C29H40O8. The summed E-state index contributed by atoms with van der Waals surface area (Å²) in [7, 11) is 1.59. The molecule has 2 N–H and O–H groups in total. The van der Waals surface area contributed by atoms with Gasteiger partial charge in [-0.15, -0.1) is 0 Å². The number of ether oxygens (including phenoxy) is 5. The maximum Gasteiger partial charge on any atom is 0.331 e. The van der Waals surface area contributed by atoms with Crippen LogP contribution in [-0.2, 0) is 28.5 Å². The van der Waals surface area contributed by atoms with Crippen molar-refractivity contribution < 1.29 is 38.7 Å². The number of fused-ring (bicyclic) bond motifs is 7. The summed E-state index contributed by atoms with van der Waals surface area (Å²) < 4.78 is 29.3. The summed E-state index contributed by atoms with van der Waals surface area (Å²) in [5.74, 6) is -1.20. The first-order valence-corrected chi connectivity index (χ1v) is 14.1. The van der Waals surface area contributed by atoms with Crippen LogP contribution in [-0.4, -0.2) is 72.5 Å². The van der Waals surface area contributed by atoms with E-state index in [1.54, 1.807) is 13.2 Å². The van der Waals surface area contributed by atoms with Gasteiger partial charge in [0, 0.05) is 25.0 Å². The van der Waals surface area contributed by atoms with Gasteiger partial charge in [-0.2, -0.15) is 0 Å². The van der Waals surface area contributed by atoms with Crippen molar-refractivity contribution in [2.75, 3.05) is 20.3 Å². The smallest absolute Gasteiger partial charge is 0.331 e. The molecule has 0 aromatic heterocycles. The van der Waals surface area contributed by atoms with Gasteiger partial charge >= 0.3 is 5.97 Å². The Morgan fingerprint density at radius 3 is 2.68 bits per heavy atom. The van der Waals surface area contributed by atoms with Gasteiger partial charge in [0.25, 0.3) is 0 Å². The minimum atomic E-state index is -1.62. The number of carbonyl (C=O) groups is 1. The molecule has 0 radical (unpaired) electrons. The zero-order valence-electron chi connectivity index (χ0n) is 22.1. The lowest BCUT2D eigenvalue weighted by Gasteiger charge is -2.63. The van der Waals surface area contributed by atoms with E-state index in [-0.39, 0.29) is 40.8 Å². The van der Waals surface area contributed by atoms with Gasteiger partial charge < -0.3 is 33.9 Å². The van der Waals surface area contributed by atoms with E-state index in [1.807, 2.05) is 0 Å². The van der Waals surface area contributed by atoms with Crippen molar-refractivity contribution in [3.05, 3.63) is 23.3 Å². The van der Waals surface area contributed by atoms with Crippen LogP contribution in [0.2, 0.25) is 0 Å². The summed E-state index contributed by atoms with van der Waals surface area (Å²) in [5.41, 5.74) is 1.27. The summed E-state index contributed by atoms with van der Waals surface area (Å²) in [6.07, 6.45) is 8.71. The first-order valence-electron chi connectivity index (χ1n) is 14.1. The first-order chi connectivity index (χ1) is 17.6. The van der Waals surface area contributed by atoms with Crippen LogP contribution in [0.15, 0.2) is 23.3 Å². The monoisotopic (exact) mass is 516 g/mol. The van der Waals surface area contributed by atoms with Crippen LogP contribution >= 0.6 is 0 Å². The van der Waals surface area contributed by atoms with E-state index < -0.39 is 23.8 Å². The molecule has 0 aromatic rings. The molecule has 0 aromatic carbocycles. The normalized spacial score (nSPS) is 54.6. The van der Waals surface area contributed by atoms with E-state index >= 15 is 0 Å².